The molecule has 0 radical (unpaired) electrons. The zero-order valence-electron chi connectivity index (χ0n) is 16.7. The molecule has 0 bridgehead atoms. The molecule has 2 aromatic heterocycles. The van der Waals surface area contributed by atoms with Crippen LogP contribution in [-0.2, 0) is 9.53 Å². The van der Waals surface area contributed by atoms with E-state index in [1.807, 2.05) is 37.3 Å². The molecule has 1 aromatic carbocycles. The van der Waals surface area contributed by atoms with E-state index < -0.39 is 6.48 Å². The van der Waals surface area contributed by atoms with E-state index in [-0.39, 0.29) is 19.1 Å². The summed E-state index contributed by atoms with van der Waals surface area (Å²) in [6.07, 6.45) is 5.05. The summed E-state index contributed by atoms with van der Waals surface area (Å²) in [4.78, 5) is 26.9. The van der Waals surface area contributed by atoms with E-state index in [0.29, 0.717) is 29.8 Å². The Labute approximate surface area is 173 Å². The molecule has 10 nitrogen and oxygen atoms in total. The zero-order chi connectivity index (χ0) is 20.9. The predicted molar refractivity (Wildman–Crippen MR) is 108 cm³/mol. The number of aromatic nitrogens is 4. The minimum Gasteiger partial charge on any atom is -0.428 e. The molecule has 0 spiro atoms. The van der Waals surface area contributed by atoms with Crippen LogP contribution in [-0.4, -0.2) is 58.6 Å². The maximum Gasteiger partial charge on any atom is 0.361 e. The standard InChI is InChI=1S/C20H22N6O4/c1-14-11-17(24-19(23-14)26-9-7-21-13-26)25(2)12-18(27)22-8-10-28-20-29-15-5-3-4-6-16(15)30-20/h3-7,9,11,13,20H,8,10,12H2,1-2H3,(H,22,27). The molecule has 30 heavy (non-hydrogen) atoms. The number of hydrogen-bond donors (Lipinski definition) is 1. The van der Waals surface area contributed by atoms with Gasteiger partial charge in [-0.2, -0.15) is 4.98 Å². The molecule has 1 aliphatic heterocycles. The van der Waals surface area contributed by atoms with Crippen LogP contribution in [0.4, 0.5) is 5.82 Å². The van der Waals surface area contributed by atoms with Crippen LogP contribution >= 0.6 is 0 Å². The summed E-state index contributed by atoms with van der Waals surface area (Å²) < 4.78 is 18.2. The molecule has 1 aliphatic rings. The summed E-state index contributed by atoms with van der Waals surface area (Å²) in [6, 6.07) is 9.16. The number of hydrogen-bond acceptors (Lipinski definition) is 8. The largest absolute Gasteiger partial charge is 0.428 e. The minimum atomic E-state index is -0.799. The molecular formula is C20H22N6O4. The van der Waals surface area contributed by atoms with Crippen LogP contribution in [0.5, 0.6) is 11.5 Å². The number of aryl methyl sites for hydroxylation is 1. The molecular weight excluding hydrogens is 388 g/mol. The van der Waals surface area contributed by atoms with Gasteiger partial charge in [-0.25, -0.2) is 9.97 Å². The van der Waals surface area contributed by atoms with Gasteiger partial charge in [0, 0.05) is 37.7 Å². The lowest BCUT2D eigenvalue weighted by molar-refractivity contribution is -0.175. The van der Waals surface area contributed by atoms with Gasteiger partial charge in [-0.05, 0) is 19.1 Å². The highest BCUT2D eigenvalue weighted by Crippen LogP contribution is 2.33. The van der Waals surface area contributed by atoms with Gasteiger partial charge in [0.15, 0.2) is 11.5 Å². The first-order valence-corrected chi connectivity index (χ1v) is 9.44. The van der Waals surface area contributed by atoms with Crippen molar-refractivity contribution in [3.05, 3.63) is 54.7 Å². The second-order valence-corrected chi connectivity index (χ2v) is 6.69. The van der Waals surface area contributed by atoms with Gasteiger partial charge in [0.1, 0.15) is 12.1 Å². The number of nitrogens with zero attached hydrogens (tertiary/aromatic N) is 5. The molecule has 0 fully saturated rings. The molecule has 1 N–H and O–H groups in total. The third-order valence-corrected chi connectivity index (χ3v) is 4.31. The molecule has 1 amide bonds. The van der Waals surface area contributed by atoms with Crippen LogP contribution in [0.1, 0.15) is 5.69 Å². The van der Waals surface area contributed by atoms with Crippen molar-refractivity contribution >= 4 is 11.7 Å². The van der Waals surface area contributed by atoms with Crippen LogP contribution in [0, 0.1) is 6.92 Å². The van der Waals surface area contributed by atoms with Crippen LogP contribution < -0.4 is 19.7 Å². The summed E-state index contributed by atoms with van der Waals surface area (Å²) in [6.45, 7) is 1.80. The van der Waals surface area contributed by atoms with Crippen molar-refractivity contribution in [3.63, 3.8) is 0 Å². The third kappa shape index (κ3) is 4.66. The number of imidazole rings is 1. The van der Waals surface area contributed by atoms with Crippen molar-refractivity contribution < 1.29 is 19.0 Å². The highest BCUT2D eigenvalue weighted by Gasteiger charge is 2.24. The minimum absolute atomic E-state index is 0.141. The van der Waals surface area contributed by atoms with Crippen LogP contribution in [0.15, 0.2) is 49.1 Å². The first-order chi connectivity index (χ1) is 14.6. The average molecular weight is 410 g/mol. The van der Waals surface area contributed by atoms with Gasteiger partial charge in [-0.1, -0.05) is 12.1 Å². The van der Waals surface area contributed by atoms with E-state index in [2.05, 4.69) is 20.3 Å². The highest BCUT2D eigenvalue weighted by molar-refractivity contribution is 5.80. The second-order valence-electron chi connectivity index (χ2n) is 6.69. The number of amides is 1. The van der Waals surface area contributed by atoms with Crippen molar-refractivity contribution in [2.45, 2.75) is 13.4 Å². The lowest BCUT2D eigenvalue weighted by Crippen LogP contribution is -2.38. The Balaban J connectivity index is 1.23. The van der Waals surface area contributed by atoms with Gasteiger partial charge < -0.3 is 24.4 Å². The maximum absolute atomic E-state index is 12.3. The molecule has 4 rings (SSSR count). The number of carbonyl (C=O) groups is 1. The first-order valence-electron chi connectivity index (χ1n) is 9.44. The fourth-order valence-electron chi connectivity index (χ4n) is 2.87. The molecule has 0 atom stereocenters. The molecule has 156 valence electrons. The van der Waals surface area contributed by atoms with E-state index in [1.165, 1.54) is 0 Å². The molecule has 0 aliphatic carbocycles. The second kappa shape index (κ2) is 8.78. The fourth-order valence-corrected chi connectivity index (χ4v) is 2.87. The maximum atomic E-state index is 12.3. The van der Waals surface area contributed by atoms with Gasteiger partial charge in [0.05, 0.1) is 13.2 Å². The van der Waals surface area contributed by atoms with E-state index >= 15 is 0 Å². The van der Waals surface area contributed by atoms with Crippen molar-refractivity contribution in [1.82, 2.24) is 24.8 Å². The quantitative estimate of drug-likeness (QED) is 0.554. The number of benzene rings is 1. The normalized spacial score (nSPS) is 12.7. The van der Waals surface area contributed by atoms with Crippen LogP contribution in [0.3, 0.4) is 0 Å². The summed E-state index contributed by atoms with van der Waals surface area (Å²) in [5.41, 5.74) is 0.793. The van der Waals surface area contributed by atoms with E-state index in [9.17, 15) is 4.79 Å². The summed E-state index contributed by atoms with van der Waals surface area (Å²) in [5.74, 6) is 2.27. The molecule has 3 heterocycles. The summed E-state index contributed by atoms with van der Waals surface area (Å²) >= 11 is 0. The zero-order valence-corrected chi connectivity index (χ0v) is 16.7. The number of anilines is 1. The fraction of sp³-hybridized carbons (Fsp3) is 0.300. The smallest absolute Gasteiger partial charge is 0.361 e. The van der Waals surface area contributed by atoms with Crippen molar-refractivity contribution in [1.29, 1.82) is 0 Å². The topological polar surface area (TPSA) is 104 Å². The number of fused-ring (bicyclic) bond motifs is 1. The monoisotopic (exact) mass is 410 g/mol. The number of rotatable bonds is 8. The number of nitrogens with one attached hydrogen (secondary N) is 1. The van der Waals surface area contributed by atoms with Crippen molar-refractivity contribution in [3.8, 4) is 17.4 Å². The van der Waals surface area contributed by atoms with Gasteiger partial charge in [0.25, 0.3) is 0 Å². The Morgan fingerprint density at radius 2 is 2.03 bits per heavy atom. The Kier molecular flexibility index (Phi) is 5.75. The lowest BCUT2D eigenvalue weighted by atomic mass is 10.3. The number of likely N-dealkylation sites (N-methyl/N-ethyl adjacent to an activating group) is 1. The van der Waals surface area contributed by atoms with Gasteiger partial charge in [-0.15, -0.1) is 0 Å². The lowest BCUT2D eigenvalue weighted by Gasteiger charge is -2.19. The molecule has 0 saturated carbocycles. The van der Waals surface area contributed by atoms with E-state index in [1.54, 1.807) is 35.2 Å². The SMILES string of the molecule is Cc1cc(N(C)CC(=O)NCCOC2Oc3ccccc3O2)nc(-n2ccnc2)n1. The predicted octanol–water partition coefficient (Wildman–Crippen LogP) is 1.29. The van der Waals surface area contributed by atoms with Gasteiger partial charge in [0.2, 0.25) is 11.9 Å². The molecule has 10 heteroatoms. The third-order valence-electron chi connectivity index (χ3n) is 4.31. The Morgan fingerprint density at radius 3 is 2.73 bits per heavy atom. The molecule has 3 aromatic rings. The number of para-hydroxylation sites is 2. The molecule has 0 saturated heterocycles. The van der Waals surface area contributed by atoms with Crippen LogP contribution in [0.2, 0.25) is 0 Å². The summed E-state index contributed by atoms with van der Waals surface area (Å²) in [5, 5.41) is 2.81. The Bertz CT molecular complexity index is 985. The van der Waals surface area contributed by atoms with Gasteiger partial charge >= 0.3 is 6.48 Å². The highest BCUT2D eigenvalue weighted by atomic mass is 16.9. The van der Waals surface area contributed by atoms with E-state index in [0.717, 1.165) is 5.69 Å². The average Bonchev–Trinajstić information content (AvgIpc) is 3.40. The Hall–Kier alpha value is -3.66. The molecule has 0 unspecified atom stereocenters. The number of ether oxygens (including phenoxy) is 3. The summed E-state index contributed by atoms with van der Waals surface area (Å²) in [7, 11) is 1.80. The van der Waals surface area contributed by atoms with E-state index in [4.69, 9.17) is 14.2 Å². The number of carbonyl (C=O) groups excluding carboxylic acids is 1. The first kappa shape index (κ1) is 19.6. The Morgan fingerprint density at radius 1 is 1.27 bits per heavy atom. The van der Waals surface area contributed by atoms with Crippen molar-refractivity contribution in [2.75, 3.05) is 31.6 Å². The van der Waals surface area contributed by atoms with Crippen molar-refractivity contribution in [2.24, 2.45) is 0 Å². The van der Waals surface area contributed by atoms with Crippen LogP contribution in [0.25, 0.3) is 5.95 Å². The van der Waals surface area contributed by atoms with Gasteiger partial charge in [-0.3, -0.25) is 9.36 Å².